The van der Waals surface area contributed by atoms with Crippen LogP contribution in [0, 0.1) is 6.92 Å². The molecular weight excluding hydrogens is 384 g/mol. The molecule has 1 unspecified atom stereocenters. The first kappa shape index (κ1) is 20.9. The fourth-order valence-electron chi connectivity index (χ4n) is 3.08. The number of aromatic nitrogens is 3. The maximum absolute atomic E-state index is 12.9. The van der Waals surface area contributed by atoms with Crippen molar-refractivity contribution in [2.45, 2.75) is 44.0 Å². The number of thioether (sulfide) groups is 1. The lowest BCUT2D eigenvalue weighted by molar-refractivity contribution is -0.115. The number of carbonyl (C=O) groups is 1. The fourth-order valence-corrected chi connectivity index (χ4v) is 3.91. The van der Waals surface area contributed by atoms with Crippen molar-refractivity contribution in [2.75, 3.05) is 12.4 Å². The third-order valence-corrected chi connectivity index (χ3v) is 5.74. The van der Waals surface area contributed by atoms with E-state index >= 15 is 0 Å². The summed E-state index contributed by atoms with van der Waals surface area (Å²) >= 11 is 1.36. The van der Waals surface area contributed by atoms with E-state index in [9.17, 15) is 4.79 Å². The number of aryl methyl sites for hydroxylation is 1. The highest BCUT2D eigenvalue weighted by Gasteiger charge is 2.21. The first-order valence-corrected chi connectivity index (χ1v) is 10.4. The molecule has 1 N–H and O–H groups in total. The molecule has 3 rings (SSSR count). The van der Waals surface area contributed by atoms with Crippen molar-refractivity contribution in [2.24, 2.45) is 0 Å². The van der Waals surface area contributed by atoms with Crippen molar-refractivity contribution >= 4 is 23.4 Å². The van der Waals surface area contributed by atoms with Gasteiger partial charge in [0.2, 0.25) is 5.91 Å². The van der Waals surface area contributed by atoms with Gasteiger partial charge in [-0.2, -0.15) is 0 Å². The van der Waals surface area contributed by atoms with Gasteiger partial charge in [-0.15, -0.1) is 10.2 Å². The minimum atomic E-state index is -0.354. The normalized spacial score (nSPS) is 12.1. The molecule has 0 saturated carbocycles. The van der Waals surface area contributed by atoms with E-state index in [0.29, 0.717) is 16.8 Å². The Kier molecular flexibility index (Phi) is 6.59. The quantitative estimate of drug-likeness (QED) is 0.565. The van der Waals surface area contributed by atoms with Crippen LogP contribution < -0.4 is 10.1 Å². The zero-order valence-corrected chi connectivity index (χ0v) is 18.2. The first-order valence-electron chi connectivity index (χ1n) is 9.52. The van der Waals surface area contributed by atoms with Crippen LogP contribution in [0.1, 0.15) is 37.8 Å². The number of amides is 1. The maximum Gasteiger partial charge on any atom is 0.237 e. The monoisotopic (exact) mass is 410 g/mol. The van der Waals surface area contributed by atoms with Crippen LogP contribution >= 0.6 is 11.8 Å². The van der Waals surface area contributed by atoms with Gasteiger partial charge in [0.05, 0.1) is 18.0 Å². The lowest BCUT2D eigenvalue weighted by Gasteiger charge is -2.18. The molecule has 3 aromatic rings. The molecule has 2 aromatic carbocycles. The van der Waals surface area contributed by atoms with Gasteiger partial charge in [-0.05, 0) is 43.0 Å². The Hall–Kier alpha value is -2.80. The predicted molar refractivity (Wildman–Crippen MR) is 117 cm³/mol. The van der Waals surface area contributed by atoms with Crippen molar-refractivity contribution in [1.29, 1.82) is 0 Å². The first-order chi connectivity index (χ1) is 13.9. The molecule has 1 amide bonds. The molecule has 0 bridgehead atoms. The Morgan fingerprint density at radius 2 is 1.90 bits per heavy atom. The molecule has 6 nitrogen and oxygen atoms in total. The van der Waals surface area contributed by atoms with Gasteiger partial charge in [0.1, 0.15) is 12.1 Å². The van der Waals surface area contributed by atoms with Crippen molar-refractivity contribution in [3.8, 4) is 11.4 Å². The lowest BCUT2D eigenvalue weighted by Crippen LogP contribution is -2.24. The Morgan fingerprint density at radius 1 is 1.14 bits per heavy atom. The molecule has 1 heterocycles. The summed E-state index contributed by atoms with van der Waals surface area (Å²) in [6.45, 7) is 8.13. The Balaban J connectivity index is 1.80. The second kappa shape index (κ2) is 9.13. The molecule has 1 atom stereocenters. The average molecular weight is 411 g/mol. The number of rotatable bonds is 7. The van der Waals surface area contributed by atoms with Gasteiger partial charge in [-0.1, -0.05) is 55.9 Å². The molecule has 0 saturated heterocycles. The molecule has 0 fully saturated rings. The summed E-state index contributed by atoms with van der Waals surface area (Å²) in [4.78, 5) is 12.9. The zero-order chi connectivity index (χ0) is 21.0. The van der Waals surface area contributed by atoms with E-state index in [4.69, 9.17) is 4.74 Å². The van der Waals surface area contributed by atoms with Gasteiger partial charge in [0.15, 0.2) is 5.16 Å². The molecule has 0 aliphatic heterocycles. The van der Waals surface area contributed by atoms with Crippen LogP contribution in [0.25, 0.3) is 5.69 Å². The molecule has 0 aliphatic rings. The van der Waals surface area contributed by atoms with Crippen LogP contribution in [0.4, 0.5) is 5.69 Å². The average Bonchev–Trinajstić information content (AvgIpc) is 3.16. The number of nitrogens with zero attached hydrogens (tertiary/aromatic N) is 3. The van der Waals surface area contributed by atoms with Gasteiger partial charge in [0.25, 0.3) is 0 Å². The van der Waals surface area contributed by atoms with Crippen LogP contribution in [0.2, 0.25) is 0 Å². The molecular formula is C22H26N4O2S. The lowest BCUT2D eigenvalue weighted by atomic mass is 9.98. The van der Waals surface area contributed by atoms with E-state index in [1.807, 2.05) is 54.8 Å². The molecule has 0 aliphatic carbocycles. The second-order valence-corrected chi connectivity index (χ2v) is 8.41. The van der Waals surface area contributed by atoms with Crippen molar-refractivity contribution < 1.29 is 9.53 Å². The highest BCUT2D eigenvalue weighted by atomic mass is 32.2. The van der Waals surface area contributed by atoms with E-state index in [2.05, 4.69) is 35.4 Å². The number of carbonyl (C=O) groups excluding carboxylic acids is 1. The number of hydrogen-bond acceptors (Lipinski definition) is 5. The SMILES string of the molecule is COc1ccccc1-n1cnnc1SC(C)C(=O)Nc1c(C)cccc1C(C)C. The van der Waals surface area contributed by atoms with Gasteiger partial charge >= 0.3 is 0 Å². The van der Waals surface area contributed by atoms with Crippen molar-refractivity contribution in [1.82, 2.24) is 14.8 Å². The smallest absolute Gasteiger partial charge is 0.237 e. The Labute approximate surface area is 175 Å². The van der Waals surface area contributed by atoms with E-state index in [1.54, 1.807) is 13.4 Å². The Bertz CT molecular complexity index is 1000. The summed E-state index contributed by atoms with van der Waals surface area (Å²) in [7, 11) is 1.63. The Morgan fingerprint density at radius 3 is 2.62 bits per heavy atom. The number of ether oxygens (including phenoxy) is 1. The molecule has 152 valence electrons. The van der Waals surface area contributed by atoms with Crippen LogP contribution in [0.3, 0.4) is 0 Å². The number of methoxy groups -OCH3 is 1. The van der Waals surface area contributed by atoms with Crippen LogP contribution in [0.15, 0.2) is 53.9 Å². The molecule has 1 aromatic heterocycles. The largest absolute Gasteiger partial charge is 0.495 e. The minimum absolute atomic E-state index is 0.0687. The van der Waals surface area contributed by atoms with Crippen molar-refractivity contribution in [3.63, 3.8) is 0 Å². The molecule has 7 heteroatoms. The van der Waals surface area contributed by atoms with Crippen LogP contribution in [-0.2, 0) is 4.79 Å². The zero-order valence-electron chi connectivity index (χ0n) is 17.3. The van der Waals surface area contributed by atoms with Gasteiger partial charge < -0.3 is 10.1 Å². The summed E-state index contributed by atoms with van der Waals surface area (Å²) < 4.78 is 7.27. The third-order valence-electron chi connectivity index (χ3n) is 4.69. The van der Waals surface area contributed by atoms with Gasteiger partial charge in [-0.25, -0.2) is 0 Å². The number of para-hydroxylation sites is 3. The van der Waals surface area contributed by atoms with Crippen LogP contribution in [0.5, 0.6) is 5.75 Å². The number of benzene rings is 2. The summed E-state index contributed by atoms with van der Waals surface area (Å²) in [5.41, 5.74) is 3.91. The standard InChI is InChI=1S/C22H26N4O2S/c1-14(2)17-10-8-9-15(3)20(17)24-21(27)16(4)29-22-25-23-13-26(22)18-11-6-7-12-19(18)28-5/h6-14,16H,1-5H3,(H,24,27). The van der Waals surface area contributed by atoms with E-state index in [-0.39, 0.29) is 11.2 Å². The van der Waals surface area contributed by atoms with Crippen LogP contribution in [-0.4, -0.2) is 33.0 Å². The second-order valence-electron chi connectivity index (χ2n) is 7.10. The highest BCUT2D eigenvalue weighted by molar-refractivity contribution is 8.00. The molecule has 29 heavy (non-hydrogen) atoms. The number of nitrogens with one attached hydrogen (secondary N) is 1. The van der Waals surface area contributed by atoms with Gasteiger partial charge in [-0.3, -0.25) is 9.36 Å². The summed E-state index contributed by atoms with van der Waals surface area (Å²) in [6.07, 6.45) is 1.63. The summed E-state index contributed by atoms with van der Waals surface area (Å²) in [5.74, 6) is 0.968. The van der Waals surface area contributed by atoms with Crippen molar-refractivity contribution in [3.05, 3.63) is 59.9 Å². The third kappa shape index (κ3) is 4.62. The van der Waals surface area contributed by atoms with E-state index < -0.39 is 0 Å². The molecule has 0 spiro atoms. The minimum Gasteiger partial charge on any atom is -0.495 e. The summed E-state index contributed by atoms with van der Waals surface area (Å²) in [6, 6.07) is 13.7. The number of anilines is 1. The van der Waals surface area contributed by atoms with E-state index in [0.717, 1.165) is 22.5 Å². The topological polar surface area (TPSA) is 69.0 Å². The predicted octanol–water partition coefficient (Wildman–Crippen LogP) is 4.83. The highest BCUT2D eigenvalue weighted by Crippen LogP contribution is 2.31. The van der Waals surface area contributed by atoms with E-state index in [1.165, 1.54) is 11.8 Å². The number of hydrogen-bond donors (Lipinski definition) is 1. The maximum atomic E-state index is 12.9. The fraction of sp³-hybridized carbons (Fsp3) is 0.318. The molecule has 0 radical (unpaired) electrons. The van der Waals surface area contributed by atoms with Gasteiger partial charge in [0, 0.05) is 5.69 Å². The summed E-state index contributed by atoms with van der Waals surface area (Å²) in [5, 5.41) is 11.6.